The molecule has 3 saturated heterocycles. The van der Waals surface area contributed by atoms with Crippen molar-refractivity contribution in [1.29, 1.82) is 0 Å². The number of carbonyl (C=O) groups is 3. The fraction of sp³-hybridized carbons (Fsp3) is 0.633. The third-order valence-corrected chi connectivity index (χ3v) is 9.46. The average molecular weight is 553 g/mol. The first-order valence-electron chi connectivity index (χ1n) is 14.6. The van der Waals surface area contributed by atoms with Crippen molar-refractivity contribution in [3.63, 3.8) is 0 Å². The largest absolute Gasteiger partial charge is 0.497 e. The summed E-state index contributed by atoms with van der Waals surface area (Å²) < 4.78 is 17.3. The number of ether oxygens (including phenoxy) is 3. The highest BCUT2D eigenvalue weighted by atomic mass is 16.5. The Bertz CT molecular complexity index is 1170. The van der Waals surface area contributed by atoms with Gasteiger partial charge in [0.05, 0.1) is 38.3 Å². The number of hydrogen-bond donors (Lipinski definition) is 2. The van der Waals surface area contributed by atoms with E-state index in [1.807, 2.05) is 12.2 Å². The van der Waals surface area contributed by atoms with Crippen LogP contribution in [0.5, 0.6) is 5.75 Å². The third-order valence-electron chi connectivity index (χ3n) is 9.46. The molecule has 6 rings (SSSR count). The summed E-state index contributed by atoms with van der Waals surface area (Å²) in [5, 5.41) is 6.25. The van der Waals surface area contributed by atoms with Gasteiger partial charge in [-0.05, 0) is 30.9 Å². The molecule has 1 aliphatic carbocycles. The zero-order valence-electron chi connectivity index (χ0n) is 23.3. The van der Waals surface area contributed by atoms with Crippen molar-refractivity contribution < 1.29 is 28.6 Å². The third kappa shape index (κ3) is 4.80. The molecule has 1 saturated carbocycles. The number of methoxy groups -OCH3 is 1. The number of carbonyl (C=O) groups excluding carboxylic acids is 3. The highest BCUT2D eigenvalue weighted by Gasteiger charge is 2.72. The van der Waals surface area contributed by atoms with Crippen molar-refractivity contribution in [3.8, 4) is 5.75 Å². The zero-order chi connectivity index (χ0) is 27.9. The van der Waals surface area contributed by atoms with Gasteiger partial charge in [0.15, 0.2) is 0 Å². The van der Waals surface area contributed by atoms with Crippen LogP contribution in [0.2, 0.25) is 0 Å². The Morgan fingerprint density at radius 1 is 1.12 bits per heavy atom. The Hall–Kier alpha value is -2.95. The van der Waals surface area contributed by atoms with Gasteiger partial charge in [0, 0.05) is 44.0 Å². The highest BCUT2D eigenvalue weighted by molar-refractivity contribution is 6.02. The molecule has 1 aromatic rings. The van der Waals surface area contributed by atoms with Gasteiger partial charge >= 0.3 is 0 Å². The Labute approximate surface area is 235 Å². The first-order chi connectivity index (χ1) is 19.4. The van der Waals surface area contributed by atoms with Crippen LogP contribution in [0.25, 0.3) is 0 Å². The van der Waals surface area contributed by atoms with Gasteiger partial charge < -0.3 is 29.7 Å². The monoisotopic (exact) mass is 552 g/mol. The molecule has 2 N–H and O–H groups in total. The van der Waals surface area contributed by atoms with Crippen LogP contribution < -0.4 is 15.4 Å². The lowest BCUT2D eigenvalue weighted by Gasteiger charge is -2.36. The van der Waals surface area contributed by atoms with Crippen molar-refractivity contribution >= 4 is 23.4 Å². The van der Waals surface area contributed by atoms with E-state index in [4.69, 9.17) is 14.2 Å². The molecule has 4 fully saturated rings. The predicted molar refractivity (Wildman–Crippen MR) is 148 cm³/mol. The highest BCUT2D eigenvalue weighted by Crippen LogP contribution is 2.55. The van der Waals surface area contributed by atoms with Crippen molar-refractivity contribution in [2.75, 3.05) is 51.8 Å². The van der Waals surface area contributed by atoms with Gasteiger partial charge in [0.2, 0.25) is 17.7 Å². The Morgan fingerprint density at radius 3 is 2.70 bits per heavy atom. The molecule has 216 valence electrons. The standard InChI is InChI=1S/C30H40N4O6/c1-19-6-3-4-9-22(19)32-28(36)26-30-11-10-23(40-30)24(27(35)31-20-7-5-8-21(18-20)38-2)25(30)29(37)34(26)13-12-33-14-16-39-17-15-33/h5,7-8,10-11,18-19,22-26H,3-4,6,9,12-17H2,1-2H3,(H,31,35)(H,32,36)/t19-,22+,23+,24-,25+,26+,30+/m0/s1. The summed E-state index contributed by atoms with van der Waals surface area (Å²) in [6.45, 7) is 6.09. The Balaban J connectivity index is 1.27. The number of nitrogens with one attached hydrogen (secondary N) is 2. The molecule has 4 aliphatic heterocycles. The average Bonchev–Trinajstić information content (AvgIpc) is 3.61. The van der Waals surface area contributed by atoms with E-state index in [1.165, 1.54) is 6.42 Å². The maximum atomic E-state index is 14.2. The number of amides is 3. The topological polar surface area (TPSA) is 109 Å². The minimum absolute atomic E-state index is 0.0719. The van der Waals surface area contributed by atoms with Crippen molar-refractivity contribution in [2.24, 2.45) is 17.8 Å². The van der Waals surface area contributed by atoms with E-state index >= 15 is 0 Å². The smallest absolute Gasteiger partial charge is 0.246 e. The molecule has 0 radical (unpaired) electrons. The van der Waals surface area contributed by atoms with Crippen molar-refractivity contribution in [2.45, 2.75) is 56.4 Å². The summed E-state index contributed by atoms with van der Waals surface area (Å²) >= 11 is 0. The van der Waals surface area contributed by atoms with E-state index in [2.05, 4.69) is 22.5 Å². The van der Waals surface area contributed by atoms with Gasteiger partial charge in [-0.25, -0.2) is 0 Å². The van der Waals surface area contributed by atoms with Gasteiger partial charge in [-0.2, -0.15) is 0 Å². The Morgan fingerprint density at radius 2 is 1.93 bits per heavy atom. The van der Waals surface area contributed by atoms with E-state index in [-0.39, 0.29) is 23.8 Å². The van der Waals surface area contributed by atoms with E-state index in [0.29, 0.717) is 43.7 Å². The number of anilines is 1. The van der Waals surface area contributed by atoms with E-state index in [1.54, 1.807) is 36.3 Å². The van der Waals surface area contributed by atoms with Crippen LogP contribution in [0, 0.1) is 17.8 Å². The van der Waals surface area contributed by atoms with Crippen LogP contribution in [0.3, 0.4) is 0 Å². The molecule has 7 atom stereocenters. The second-order valence-corrected chi connectivity index (χ2v) is 11.8. The van der Waals surface area contributed by atoms with Gasteiger partial charge in [-0.1, -0.05) is 38.0 Å². The van der Waals surface area contributed by atoms with Crippen LogP contribution in [-0.2, 0) is 23.9 Å². The summed E-state index contributed by atoms with van der Waals surface area (Å²) in [4.78, 5) is 45.8. The molecule has 10 heteroatoms. The maximum Gasteiger partial charge on any atom is 0.246 e. The van der Waals surface area contributed by atoms with Crippen LogP contribution in [0.15, 0.2) is 36.4 Å². The Kier molecular flexibility index (Phi) is 7.58. The fourth-order valence-corrected chi connectivity index (χ4v) is 7.30. The summed E-state index contributed by atoms with van der Waals surface area (Å²) in [6, 6.07) is 6.38. The van der Waals surface area contributed by atoms with Gasteiger partial charge in [0.1, 0.15) is 17.4 Å². The molecular formula is C30H40N4O6. The summed E-state index contributed by atoms with van der Waals surface area (Å²) in [7, 11) is 1.57. The first-order valence-corrected chi connectivity index (χ1v) is 14.6. The van der Waals surface area contributed by atoms with Crippen LogP contribution in [-0.4, -0.2) is 97.8 Å². The maximum absolute atomic E-state index is 14.2. The molecule has 1 aromatic carbocycles. The van der Waals surface area contributed by atoms with E-state index in [0.717, 1.165) is 32.4 Å². The fourth-order valence-electron chi connectivity index (χ4n) is 7.30. The van der Waals surface area contributed by atoms with Gasteiger partial charge in [-0.15, -0.1) is 0 Å². The minimum atomic E-state index is -1.16. The van der Waals surface area contributed by atoms with Crippen LogP contribution in [0.4, 0.5) is 5.69 Å². The lowest BCUT2D eigenvalue weighted by atomic mass is 9.74. The number of benzene rings is 1. The lowest BCUT2D eigenvalue weighted by Crippen LogP contribution is -2.58. The molecule has 40 heavy (non-hydrogen) atoms. The van der Waals surface area contributed by atoms with Gasteiger partial charge in [-0.3, -0.25) is 19.3 Å². The molecule has 3 amide bonds. The second-order valence-electron chi connectivity index (χ2n) is 11.8. The minimum Gasteiger partial charge on any atom is -0.497 e. The van der Waals surface area contributed by atoms with E-state index < -0.39 is 29.6 Å². The molecular weight excluding hydrogens is 512 g/mol. The number of likely N-dealkylation sites (tertiary alicyclic amines) is 1. The predicted octanol–water partition coefficient (Wildman–Crippen LogP) is 1.81. The number of hydrogen-bond acceptors (Lipinski definition) is 7. The van der Waals surface area contributed by atoms with Gasteiger partial charge in [0.25, 0.3) is 0 Å². The molecule has 10 nitrogen and oxygen atoms in total. The lowest BCUT2D eigenvalue weighted by molar-refractivity contribution is -0.142. The van der Waals surface area contributed by atoms with E-state index in [9.17, 15) is 14.4 Å². The second kappa shape index (κ2) is 11.1. The summed E-state index contributed by atoms with van der Waals surface area (Å²) in [5.41, 5.74) is -0.578. The van der Waals surface area contributed by atoms with Crippen LogP contribution >= 0.6 is 0 Å². The molecule has 2 bridgehead atoms. The molecule has 0 aromatic heterocycles. The van der Waals surface area contributed by atoms with Crippen LogP contribution in [0.1, 0.15) is 32.6 Å². The summed E-state index contributed by atoms with van der Waals surface area (Å²) in [5.74, 6) is -1.17. The zero-order valence-corrected chi connectivity index (χ0v) is 23.3. The molecule has 0 unspecified atom stereocenters. The quantitative estimate of drug-likeness (QED) is 0.474. The molecule has 4 heterocycles. The number of rotatable bonds is 8. The normalized spacial score (nSPS) is 35.0. The number of fused-ring (bicyclic) bond motifs is 1. The molecule has 5 aliphatic rings. The number of nitrogens with zero attached hydrogens (tertiary/aromatic N) is 2. The summed E-state index contributed by atoms with van der Waals surface area (Å²) in [6.07, 6.45) is 7.43. The van der Waals surface area contributed by atoms with Crippen molar-refractivity contribution in [3.05, 3.63) is 36.4 Å². The number of morpholine rings is 1. The first kappa shape index (κ1) is 27.2. The SMILES string of the molecule is COc1cccc(NC(=O)[C@H]2[C@H]3C=C[C@@]4(O3)[C@H]2C(=O)N(CCN2CCOCC2)[C@@H]4C(=O)N[C@@H]2CCCC[C@@H]2C)c1. The van der Waals surface area contributed by atoms with Crippen molar-refractivity contribution in [1.82, 2.24) is 15.1 Å². The molecule has 1 spiro atoms.